The largest absolute Gasteiger partial charge is 0.379 e. The summed E-state index contributed by atoms with van der Waals surface area (Å²) in [6.07, 6.45) is 2.36. The molecule has 3 rings (SSSR count). The van der Waals surface area contributed by atoms with Gasteiger partial charge in [-0.15, -0.1) is 11.3 Å². The molecule has 23 heavy (non-hydrogen) atoms. The standard InChI is InChI=1S/C17H26N2O3S/c1-17(2,19-7-10-21-11-8-19)12-18-16(20)15-6-5-14(23-15)13-4-3-9-22-13/h5-6,13H,3-4,7-12H2,1-2H3,(H,18,20)/t13-/m0/s1. The molecule has 2 saturated heterocycles. The highest BCUT2D eigenvalue weighted by molar-refractivity contribution is 7.14. The van der Waals surface area contributed by atoms with Crippen LogP contribution in [0.25, 0.3) is 0 Å². The number of carbonyl (C=O) groups is 1. The van der Waals surface area contributed by atoms with Crippen LogP contribution in [-0.2, 0) is 9.47 Å². The Balaban J connectivity index is 1.54. The molecule has 1 atom stereocenters. The van der Waals surface area contributed by atoms with Gasteiger partial charge in [0.05, 0.1) is 24.2 Å². The number of nitrogens with one attached hydrogen (secondary N) is 1. The molecule has 2 aliphatic heterocycles. The molecular weight excluding hydrogens is 312 g/mol. The van der Waals surface area contributed by atoms with Crippen molar-refractivity contribution in [3.63, 3.8) is 0 Å². The Morgan fingerprint density at radius 3 is 2.83 bits per heavy atom. The van der Waals surface area contributed by atoms with E-state index in [2.05, 4.69) is 24.1 Å². The van der Waals surface area contributed by atoms with Crippen LogP contribution in [0.1, 0.15) is 47.3 Å². The molecule has 0 bridgehead atoms. The van der Waals surface area contributed by atoms with Crippen LogP contribution in [0.5, 0.6) is 0 Å². The summed E-state index contributed by atoms with van der Waals surface area (Å²) in [5.41, 5.74) is -0.0614. The average Bonchev–Trinajstić information content (AvgIpc) is 3.24. The van der Waals surface area contributed by atoms with Gasteiger partial charge in [0.1, 0.15) is 0 Å². The SMILES string of the molecule is CC(C)(CNC(=O)c1ccc([C@@H]2CCCO2)s1)N1CCOCC1. The Bertz CT molecular complexity index is 532. The van der Waals surface area contributed by atoms with Crippen molar-refractivity contribution in [1.82, 2.24) is 10.2 Å². The number of hydrogen-bond donors (Lipinski definition) is 1. The highest BCUT2D eigenvalue weighted by atomic mass is 32.1. The molecule has 0 unspecified atom stereocenters. The number of morpholine rings is 1. The van der Waals surface area contributed by atoms with Crippen molar-refractivity contribution in [3.8, 4) is 0 Å². The third-order valence-electron chi connectivity index (χ3n) is 4.65. The molecule has 128 valence electrons. The Morgan fingerprint density at radius 1 is 1.35 bits per heavy atom. The quantitative estimate of drug-likeness (QED) is 0.896. The highest BCUT2D eigenvalue weighted by Gasteiger charge is 2.29. The summed E-state index contributed by atoms with van der Waals surface area (Å²) in [5, 5.41) is 3.09. The van der Waals surface area contributed by atoms with Crippen molar-refractivity contribution in [1.29, 1.82) is 0 Å². The Morgan fingerprint density at radius 2 is 2.13 bits per heavy atom. The minimum atomic E-state index is -0.0614. The second kappa shape index (κ2) is 7.30. The predicted molar refractivity (Wildman–Crippen MR) is 91.1 cm³/mol. The molecule has 5 nitrogen and oxygen atoms in total. The number of carbonyl (C=O) groups excluding carboxylic acids is 1. The van der Waals surface area contributed by atoms with E-state index >= 15 is 0 Å². The number of hydrogen-bond acceptors (Lipinski definition) is 5. The molecule has 0 spiro atoms. The molecule has 1 amide bonds. The van der Waals surface area contributed by atoms with E-state index in [9.17, 15) is 4.79 Å². The normalized spacial score (nSPS) is 23.1. The molecule has 3 heterocycles. The molecule has 0 radical (unpaired) electrons. The summed E-state index contributed by atoms with van der Waals surface area (Å²) in [4.78, 5) is 16.7. The number of nitrogens with zero attached hydrogens (tertiary/aromatic N) is 1. The lowest BCUT2D eigenvalue weighted by atomic mass is 10.0. The van der Waals surface area contributed by atoms with Gasteiger partial charge in [-0.05, 0) is 38.8 Å². The third kappa shape index (κ3) is 4.12. The monoisotopic (exact) mass is 338 g/mol. The number of thiophene rings is 1. The fraction of sp³-hybridized carbons (Fsp3) is 0.706. The lowest BCUT2D eigenvalue weighted by Gasteiger charge is -2.40. The van der Waals surface area contributed by atoms with Gasteiger partial charge < -0.3 is 14.8 Å². The van der Waals surface area contributed by atoms with E-state index in [0.29, 0.717) is 6.54 Å². The first-order chi connectivity index (χ1) is 11.1. The Kier molecular flexibility index (Phi) is 5.36. The van der Waals surface area contributed by atoms with Crippen LogP contribution >= 0.6 is 11.3 Å². The van der Waals surface area contributed by atoms with Crippen molar-refractivity contribution >= 4 is 17.2 Å². The molecule has 0 saturated carbocycles. The molecule has 1 aromatic heterocycles. The molecule has 0 aromatic carbocycles. The Hall–Kier alpha value is -0.950. The van der Waals surface area contributed by atoms with Crippen LogP contribution in [0.15, 0.2) is 12.1 Å². The maximum atomic E-state index is 12.4. The van der Waals surface area contributed by atoms with Crippen LogP contribution < -0.4 is 5.32 Å². The van der Waals surface area contributed by atoms with Crippen LogP contribution in [-0.4, -0.2) is 55.8 Å². The minimum Gasteiger partial charge on any atom is -0.379 e. The summed E-state index contributed by atoms with van der Waals surface area (Å²) in [6.45, 7) is 9.20. The van der Waals surface area contributed by atoms with Gasteiger partial charge in [-0.2, -0.15) is 0 Å². The zero-order valence-electron chi connectivity index (χ0n) is 14.0. The van der Waals surface area contributed by atoms with Crippen molar-refractivity contribution < 1.29 is 14.3 Å². The maximum absolute atomic E-state index is 12.4. The van der Waals surface area contributed by atoms with Crippen LogP contribution in [0.2, 0.25) is 0 Å². The van der Waals surface area contributed by atoms with Gasteiger partial charge in [0.15, 0.2) is 0 Å². The zero-order valence-corrected chi connectivity index (χ0v) is 14.8. The van der Waals surface area contributed by atoms with E-state index in [1.807, 2.05) is 12.1 Å². The summed E-state index contributed by atoms with van der Waals surface area (Å²) in [5.74, 6) is 0.0144. The maximum Gasteiger partial charge on any atom is 0.261 e. The van der Waals surface area contributed by atoms with E-state index in [1.165, 1.54) is 4.88 Å². The van der Waals surface area contributed by atoms with Crippen molar-refractivity contribution in [2.24, 2.45) is 0 Å². The van der Waals surface area contributed by atoms with E-state index < -0.39 is 0 Å². The molecular formula is C17H26N2O3S. The predicted octanol–water partition coefficient (Wildman–Crippen LogP) is 2.44. The molecule has 0 aliphatic carbocycles. The number of rotatable bonds is 5. The van der Waals surface area contributed by atoms with Crippen molar-refractivity contribution in [2.75, 3.05) is 39.5 Å². The van der Waals surface area contributed by atoms with E-state index in [1.54, 1.807) is 11.3 Å². The third-order valence-corrected chi connectivity index (χ3v) is 5.82. The van der Waals surface area contributed by atoms with E-state index in [0.717, 1.165) is 50.6 Å². The molecule has 1 N–H and O–H groups in total. The number of amides is 1. The first-order valence-corrected chi connectivity index (χ1v) is 9.20. The van der Waals surface area contributed by atoms with Crippen molar-refractivity contribution in [2.45, 2.75) is 38.3 Å². The Labute approximate surface area is 142 Å². The van der Waals surface area contributed by atoms with Crippen molar-refractivity contribution in [3.05, 3.63) is 21.9 Å². The number of ether oxygens (including phenoxy) is 2. The van der Waals surface area contributed by atoms with Gasteiger partial charge in [-0.1, -0.05) is 0 Å². The fourth-order valence-corrected chi connectivity index (χ4v) is 4.12. The van der Waals surface area contributed by atoms with Crippen LogP contribution in [0.4, 0.5) is 0 Å². The summed E-state index contributed by atoms with van der Waals surface area (Å²) in [7, 11) is 0. The lowest BCUT2D eigenvalue weighted by molar-refractivity contribution is -0.00922. The van der Waals surface area contributed by atoms with Crippen LogP contribution in [0.3, 0.4) is 0 Å². The summed E-state index contributed by atoms with van der Waals surface area (Å²) in [6, 6.07) is 3.95. The lowest BCUT2D eigenvalue weighted by Crippen LogP contribution is -2.55. The van der Waals surface area contributed by atoms with E-state index in [-0.39, 0.29) is 17.6 Å². The van der Waals surface area contributed by atoms with Gasteiger partial charge in [0, 0.05) is 36.7 Å². The first kappa shape index (κ1) is 16.9. The van der Waals surface area contributed by atoms with E-state index in [4.69, 9.17) is 9.47 Å². The highest BCUT2D eigenvalue weighted by Crippen LogP contribution is 2.33. The average molecular weight is 338 g/mol. The van der Waals surface area contributed by atoms with Gasteiger partial charge in [0.2, 0.25) is 0 Å². The second-order valence-corrected chi connectivity index (χ2v) is 7.91. The second-order valence-electron chi connectivity index (χ2n) is 6.80. The fourth-order valence-electron chi connectivity index (χ4n) is 3.11. The molecule has 2 fully saturated rings. The minimum absolute atomic E-state index is 0.0144. The van der Waals surface area contributed by atoms with Crippen LogP contribution in [0, 0.1) is 0 Å². The zero-order chi connectivity index (χ0) is 16.3. The smallest absolute Gasteiger partial charge is 0.261 e. The summed E-state index contributed by atoms with van der Waals surface area (Å²) >= 11 is 1.55. The van der Waals surface area contributed by atoms with Gasteiger partial charge in [-0.3, -0.25) is 9.69 Å². The molecule has 6 heteroatoms. The topological polar surface area (TPSA) is 50.8 Å². The molecule has 1 aromatic rings. The molecule has 2 aliphatic rings. The van der Waals surface area contributed by atoms with Gasteiger partial charge in [0.25, 0.3) is 5.91 Å². The van der Waals surface area contributed by atoms with Gasteiger partial charge >= 0.3 is 0 Å². The van der Waals surface area contributed by atoms with Gasteiger partial charge in [-0.25, -0.2) is 0 Å². The first-order valence-electron chi connectivity index (χ1n) is 8.38. The summed E-state index contributed by atoms with van der Waals surface area (Å²) < 4.78 is 11.1.